The predicted octanol–water partition coefficient (Wildman–Crippen LogP) is 5.50. The fourth-order valence-electron chi connectivity index (χ4n) is 3.42. The highest BCUT2D eigenvalue weighted by Gasteiger charge is 2.18. The molecule has 2 nitrogen and oxygen atoms in total. The van der Waals surface area contributed by atoms with Crippen molar-refractivity contribution in [3.05, 3.63) is 107 Å². The van der Waals surface area contributed by atoms with Crippen LogP contribution in [0.15, 0.2) is 78.9 Å². The Kier molecular flexibility index (Phi) is 5.15. The Morgan fingerprint density at radius 1 is 0.852 bits per heavy atom. The number of rotatable bonds is 6. The summed E-state index contributed by atoms with van der Waals surface area (Å²) in [6.45, 7) is 0.503. The monoisotopic (exact) mass is 354 g/mol. The number of hydrogen-bond acceptors (Lipinski definition) is 2. The summed E-state index contributed by atoms with van der Waals surface area (Å²) >= 11 is 0. The molecule has 2 heteroatoms. The van der Waals surface area contributed by atoms with Crippen LogP contribution in [0.4, 0.5) is 0 Å². The zero-order chi connectivity index (χ0) is 18.5. The molecule has 3 aromatic carbocycles. The van der Waals surface area contributed by atoms with Crippen LogP contribution in [0.25, 0.3) is 6.08 Å². The lowest BCUT2D eigenvalue weighted by Gasteiger charge is -2.06. The molecule has 0 saturated carbocycles. The SMILES string of the molecule is O=C1CCc2ccc(/C=C/COc3ccc(Cc4ccccc4)cc3)cc21. The minimum atomic E-state index is 0.257. The van der Waals surface area contributed by atoms with Crippen molar-refractivity contribution >= 4 is 11.9 Å². The van der Waals surface area contributed by atoms with E-state index in [2.05, 4.69) is 48.5 Å². The molecule has 0 unspecified atom stereocenters. The second-order valence-corrected chi connectivity index (χ2v) is 6.86. The molecular formula is C25H22O2. The maximum atomic E-state index is 11.8. The largest absolute Gasteiger partial charge is 0.490 e. The molecule has 0 aliphatic heterocycles. The van der Waals surface area contributed by atoms with Gasteiger partial charge in [-0.25, -0.2) is 0 Å². The lowest BCUT2D eigenvalue weighted by molar-refractivity contribution is 0.0994. The van der Waals surface area contributed by atoms with E-state index >= 15 is 0 Å². The molecular weight excluding hydrogens is 332 g/mol. The number of ketones is 1. The van der Waals surface area contributed by atoms with Gasteiger partial charge in [-0.3, -0.25) is 4.79 Å². The van der Waals surface area contributed by atoms with E-state index in [4.69, 9.17) is 4.74 Å². The van der Waals surface area contributed by atoms with Gasteiger partial charge in [0.15, 0.2) is 5.78 Å². The van der Waals surface area contributed by atoms with E-state index in [-0.39, 0.29) is 5.78 Å². The summed E-state index contributed by atoms with van der Waals surface area (Å²) in [6.07, 6.45) is 6.44. The molecule has 134 valence electrons. The number of carbonyl (C=O) groups excluding carboxylic acids is 1. The molecule has 0 fully saturated rings. The molecule has 1 aliphatic carbocycles. The lowest BCUT2D eigenvalue weighted by atomic mass is 10.1. The first-order chi connectivity index (χ1) is 13.3. The van der Waals surface area contributed by atoms with Crippen molar-refractivity contribution in [3.8, 4) is 5.75 Å². The summed E-state index contributed by atoms with van der Waals surface area (Å²) in [7, 11) is 0. The molecule has 4 rings (SSSR count). The minimum Gasteiger partial charge on any atom is -0.490 e. The van der Waals surface area contributed by atoms with Gasteiger partial charge in [0.05, 0.1) is 0 Å². The molecule has 0 N–H and O–H groups in total. The molecule has 1 aliphatic rings. The van der Waals surface area contributed by atoms with Gasteiger partial charge in [0, 0.05) is 12.0 Å². The summed E-state index contributed by atoms with van der Waals surface area (Å²) < 4.78 is 5.79. The standard InChI is InChI=1S/C25H22O2/c26-25-15-12-22-11-8-20(18-24(22)25)7-4-16-27-23-13-9-21(10-14-23)17-19-5-2-1-3-6-19/h1-11,13-14,18H,12,15-17H2/b7-4+. The molecule has 0 saturated heterocycles. The summed E-state index contributed by atoms with van der Waals surface area (Å²) in [5.74, 6) is 1.12. The molecule has 3 aromatic rings. The van der Waals surface area contributed by atoms with Gasteiger partial charge in [-0.1, -0.05) is 60.7 Å². The van der Waals surface area contributed by atoms with Crippen molar-refractivity contribution in [1.29, 1.82) is 0 Å². The molecule has 0 amide bonds. The Hall–Kier alpha value is -3.13. The maximum absolute atomic E-state index is 11.8. The van der Waals surface area contributed by atoms with Gasteiger partial charge >= 0.3 is 0 Å². The Morgan fingerprint density at radius 2 is 1.63 bits per heavy atom. The van der Waals surface area contributed by atoms with E-state index in [0.29, 0.717) is 13.0 Å². The number of Topliss-reactive ketones (excluding diaryl/α,β-unsaturated/α-hetero) is 1. The highest BCUT2D eigenvalue weighted by molar-refractivity contribution is 6.00. The van der Waals surface area contributed by atoms with E-state index in [1.807, 2.05) is 36.4 Å². The van der Waals surface area contributed by atoms with Crippen LogP contribution in [0, 0.1) is 0 Å². The van der Waals surface area contributed by atoms with Crippen LogP contribution in [0.2, 0.25) is 0 Å². The van der Waals surface area contributed by atoms with Crippen molar-refractivity contribution in [3.63, 3.8) is 0 Å². The summed E-state index contributed by atoms with van der Waals surface area (Å²) in [6, 6.07) is 24.8. The average molecular weight is 354 g/mol. The van der Waals surface area contributed by atoms with Gasteiger partial charge in [-0.2, -0.15) is 0 Å². The third-order valence-electron chi connectivity index (χ3n) is 4.89. The van der Waals surface area contributed by atoms with E-state index in [9.17, 15) is 4.79 Å². The van der Waals surface area contributed by atoms with E-state index < -0.39 is 0 Å². The maximum Gasteiger partial charge on any atom is 0.163 e. The fraction of sp³-hybridized carbons (Fsp3) is 0.160. The highest BCUT2D eigenvalue weighted by atomic mass is 16.5. The minimum absolute atomic E-state index is 0.257. The molecule has 0 heterocycles. The molecule has 0 spiro atoms. The Labute approximate surface area is 160 Å². The molecule has 0 radical (unpaired) electrons. The predicted molar refractivity (Wildman–Crippen MR) is 109 cm³/mol. The average Bonchev–Trinajstić information content (AvgIpc) is 3.08. The van der Waals surface area contributed by atoms with Gasteiger partial charge in [-0.15, -0.1) is 0 Å². The topological polar surface area (TPSA) is 26.3 Å². The number of ether oxygens (including phenoxy) is 1. The Morgan fingerprint density at radius 3 is 2.44 bits per heavy atom. The van der Waals surface area contributed by atoms with Crippen LogP contribution in [-0.4, -0.2) is 12.4 Å². The quantitative estimate of drug-likeness (QED) is 0.584. The molecule has 27 heavy (non-hydrogen) atoms. The van der Waals surface area contributed by atoms with Crippen LogP contribution < -0.4 is 4.74 Å². The van der Waals surface area contributed by atoms with Crippen LogP contribution >= 0.6 is 0 Å². The van der Waals surface area contributed by atoms with Crippen molar-refractivity contribution in [1.82, 2.24) is 0 Å². The van der Waals surface area contributed by atoms with Crippen LogP contribution in [0.3, 0.4) is 0 Å². The zero-order valence-corrected chi connectivity index (χ0v) is 15.2. The Balaban J connectivity index is 1.31. The number of benzene rings is 3. The first-order valence-corrected chi connectivity index (χ1v) is 9.36. The van der Waals surface area contributed by atoms with Crippen molar-refractivity contribution in [2.45, 2.75) is 19.3 Å². The highest BCUT2D eigenvalue weighted by Crippen LogP contribution is 2.23. The van der Waals surface area contributed by atoms with Crippen LogP contribution in [0.1, 0.15) is 39.0 Å². The summed E-state index contributed by atoms with van der Waals surface area (Å²) in [4.78, 5) is 11.8. The smallest absolute Gasteiger partial charge is 0.163 e. The van der Waals surface area contributed by atoms with E-state index in [1.54, 1.807) is 0 Å². The van der Waals surface area contributed by atoms with Gasteiger partial charge in [-0.05, 0) is 59.4 Å². The van der Waals surface area contributed by atoms with Gasteiger partial charge in [0.2, 0.25) is 0 Å². The summed E-state index contributed by atoms with van der Waals surface area (Å²) in [5.41, 5.74) is 5.68. The third kappa shape index (κ3) is 4.35. The normalized spacial score (nSPS) is 13.1. The lowest BCUT2D eigenvalue weighted by Crippen LogP contribution is -1.94. The van der Waals surface area contributed by atoms with Gasteiger partial charge < -0.3 is 4.74 Å². The Bertz CT molecular complexity index is 953. The molecule has 0 bridgehead atoms. The van der Waals surface area contributed by atoms with Gasteiger partial charge in [0.25, 0.3) is 0 Å². The first kappa shape index (κ1) is 17.3. The van der Waals surface area contributed by atoms with Crippen molar-refractivity contribution in [2.75, 3.05) is 6.61 Å². The van der Waals surface area contributed by atoms with Crippen LogP contribution in [-0.2, 0) is 12.8 Å². The zero-order valence-electron chi connectivity index (χ0n) is 15.2. The third-order valence-corrected chi connectivity index (χ3v) is 4.89. The van der Waals surface area contributed by atoms with Gasteiger partial charge in [0.1, 0.15) is 12.4 Å². The number of hydrogen-bond donors (Lipinski definition) is 0. The second kappa shape index (κ2) is 8.05. The van der Waals surface area contributed by atoms with E-state index in [0.717, 1.165) is 29.7 Å². The second-order valence-electron chi connectivity index (χ2n) is 6.86. The van der Waals surface area contributed by atoms with Crippen molar-refractivity contribution in [2.24, 2.45) is 0 Å². The van der Waals surface area contributed by atoms with E-state index in [1.165, 1.54) is 16.7 Å². The van der Waals surface area contributed by atoms with Crippen LogP contribution in [0.5, 0.6) is 5.75 Å². The number of aryl methyl sites for hydroxylation is 1. The molecule has 0 atom stereocenters. The fourth-order valence-corrected chi connectivity index (χ4v) is 3.42. The number of carbonyl (C=O) groups is 1. The molecule has 0 aromatic heterocycles. The first-order valence-electron chi connectivity index (χ1n) is 9.36. The van der Waals surface area contributed by atoms with Crippen molar-refractivity contribution < 1.29 is 9.53 Å². The number of fused-ring (bicyclic) bond motifs is 1. The summed E-state index contributed by atoms with van der Waals surface area (Å²) in [5, 5.41) is 0.